The molecule has 1 aliphatic heterocycles. The van der Waals surface area contributed by atoms with Crippen LogP contribution in [0.15, 0.2) is 30.5 Å². The van der Waals surface area contributed by atoms with Gasteiger partial charge in [-0.1, -0.05) is 24.1 Å². The second-order valence-corrected chi connectivity index (χ2v) is 15.6. The van der Waals surface area contributed by atoms with Crippen LogP contribution in [0.4, 0.5) is 5.82 Å². The van der Waals surface area contributed by atoms with E-state index in [1.807, 2.05) is 0 Å². The first-order chi connectivity index (χ1) is 25.3. The molecule has 1 aromatic carbocycles. The number of rotatable bonds is 23. The van der Waals surface area contributed by atoms with E-state index in [9.17, 15) is 29.0 Å². The molecule has 0 spiro atoms. The molecule has 22 heteroatoms. The van der Waals surface area contributed by atoms with Crippen LogP contribution in [0.3, 0.4) is 0 Å². The van der Waals surface area contributed by atoms with Crippen LogP contribution in [0.2, 0.25) is 0 Å². The minimum Gasteiger partial charge on any atom is -0.387 e. The predicted octanol–water partition coefficient (Wildman–Crippen LogP) is 0.133. The summed E-state index contributed by atoms with van der Waals surface area (Å²) in [6.45, 7) is 4.28. The summed E-state index contributed by atoms with van der Waals surface area (Å²) in [5.74, 6) is 1.33. The average Bonchev–Trinajstić information content (AvgIpc) is 3.64. The molecule has 2 aromatic heterocycles. The van der Waals surface area contributed by atoms with Gasteiger partial charge < -0.3 is 63.7 Å². The minimum absolute atomic E-state index is 0.187. The second kappa shape index (κ2) is 20.3. The molecule has 3 aromatic rings. The second-order valence-electron chi connectivity index (χ2n) is 11.6. The van der Waals surface area contributed by atoms with Crippen molar-refractivity contribution in [3.8, 4) is 12.3 Å². The number of aliphatic hydroxyl groups is 2. The lowest BCUT2D eigenvalue weighted by Crippen LogP contribution is -2.33. The lowest BCUT2D eigenvalue weighted by atomic mass is 10.1. The van der Waals surface area contributed by atoms with E-state index in [0.717, 1.165) is 0 Å². The first-order valence-corrected chi connectivity index (χ1v) is 19.9. The van der Waals surface area contributed by atoms with Gasteiger partial charge in [-0.15, -0.1) is 6.42 Å². The molecule has 0 aliphatic carbocycles. The third-order valence-corrected chi connectivity index (χ3v) is 10.9. The molecule has 3 heterocycles. The van der Waals surface area contributed by atoms with E-state index >= 15 is 0 Å². The molecule has 1 saturated heterocycles. The highest BCUT2D eigenvalue weighted by atomic mass is 31.2. The van der Waals surface area contributed by atoms with Crippen LogP contribution in [0, 0.1) is 19.3 Å². The van der Waals surface area contributed by atoms with Crippen LogP contribution < -0.4 is 10.6 Å². The van der Waals surface area contributed by atoms with Crippen molar-refractivity contribution < 1.29 is 67.0 Å². The Morgan fingerprint density at radius 2 is 1.64 bits per heavy atom. The number of aryl methyl sites for hydroxylation is 1. The predicted molar refractivity (Wildman–Crippen MR) is 187 cm³/mol. The summed E-state index contributed by atoms with van der Waals surface area (Å²) in [6, 6.07) is 7.01. The number of benzene rings is 1. The van der Waals surface area contributed by atoms with Gasteiger partial charge in [0.2, 0.25) is 0 Å². The highest BCUT2D eigenvalue weighted by Crippen LogP contribution is 2.55. The van der Waals surface area contributed by atoms with Crippen molar-refractivity contribution in [3.05, 3.63) is 47.4 Å². The molecule has 4 rings (SSSR count). The van der Waals surface area contributed by atoms with Gasteiger partial charge >= 0.3 is 15.2 Å². The van der Waals surface area contributed by atoms with E-state index in [4.69, 9.17) is 44.4 Å². The van der Waals surface area contributed by atoms with Crippen LogP contribution in [0.5, 0.6) is 0 Å². The lowest BCUT2D eigenvalue weighted by Gasteiger charge is -2.18. The van der Waals surface area contributed by atoms with Gasteiger partial charge in [0.1, 0.15) is 36.6 Å². The molecular weight excluding hydrogens is 742 g/mol. The average molecular weight is 787 g/mol. The number of nitrogens with zero attached hydrogens (tertiary/aromatic N) is 4. The highest BCUT2D eigenvalue weighted by molar-refractivity contribution is 7.70. The number of fused-ring (bicyclic) bond motifs is 1. The fraction of sp³-hybridized carbons (Fsp3) is 0.548. The van der Waals surface area contributed by atoms with Gasteiger partial charge in [-0.3, -0.25) is 13.9 Å². The minimum atomic E-state index is -4.87. The number of hydrogen-bond acceptors (Lipinski definition) is 15. The van der Waals surface area contributed by atoms with Crippen molar-refractivity contribution in [2.24, 2.45) is 0 Å². The van der Waals surface area contributed by atoms with E-state index in [0.29, 0.717) is 67.8 Å². The van der Waals surface area contributed by atoms with Gasteiger partial charge in [0.05, 0.1) is 64.4 Å². The quantitative estimate of drug-likeness (QED) is 0.0382. The fourth-order valence-corrected chi connectivity index (χ4v) is 7.65. The van der Waals surface area contributed by atoms with E-state index < -0.39 is 52.2 Å². The maximum atomic E-state index is 13.0. The van der Waals surface area contributed by atoms with Gasteiger partial charge in [-0.25, -0.2) is 14.6 Å². The molecule has 0 saturated carbocycles. The SMILES string of the molecule is C#CCOCCOCCOCCOCCNC(=O)c1ccccc1CNc1nc(C)nc2c1cnn2[C@@H]1O[C@H](COP(=O)(O)CP(=O)(O)O)[C@@H](O)[C@H]1O. The molecule has 0 radical (unpaired) electrons. The summed E-state index contributed by atoms with van der Waals surface area (Å²) >= 11 is 0. The van der Waals surface area contributed by atoms with Crippen LogP contribution in [0.1, 0.15) is 28.0 Å². The Morgan fingerprint density at radius 3 is 2.32 bits per heavy atom. The number of carbonyl (C=O) groups excluding carboxylic acids is 1. The van der Waals surface area contributed by atoms with Gasteiger partial charge in [-0.2, -0.15) is 5.10 Å². The maximum Gasteiger partial charge on any atom is 0.340 e. The van der Waals surface area contributed by atoms with Crippen molar-refractivity contribution in [2.75, 3.05) is 77.2 Å². The van der Waals surface area contributed by atoms with Crippen molar-refractivity contribution in [2.45, 2.75) is 38.0 Å². The molecule has 5 atom stereocenters. The van der Waals surface area contributed by atoms with Gasteiger partial charge in [0.25, 0.3) is 5.91 Å². The van der Waals surface area contributed by atoms with E-state index in [-0.39, 0.29) is 37.9 Å². The number of anilines is 1. The summed E-state index contributed by atoms with van der Waals surface area (Å²) in [5, 5.41) is 32.1. The van der Waals surface area contributed by atoms with Crippen LogP contribution >= 0.6 is 15.2 Å². The molecule has 20 nitrogen and oxygen atoms in total. The first-order valence-electron chi connectivity index (χ1n) is 16.4. The summed E-state index contributed by atoms with van der Waals surface area (Å²) in [5.41, 5.74) is 1.32. The zero-order chi connectivity index (χ0) is 38.4. The largest absolute Gasteiger partial charge is 0.387 e. The van der Waals surface area contributed by atoms with Gasteiger partial charge in [0.15, 0.2) is 17.8 Å². The van der Waals surface area contributed by atoms with Gasteiger partial charge in [-0.05, 0) is 18.6 Å². The van der Waals surface area contributed by atoms with Crippen molar-refractivity contribution in [3.63, 3.8) is 0 Å². The molecule has 0 bridgehead atoms. The Balaban J connectivity index is 1.27. The number of amides is 1. The molecule has 1 fully saturated rings. The third-order valence-electron chi connectivity index (χ3n) is 7.49. The number of aromatic nitrogens is 4. The molecule has 1 amide bonds. The van der Waals surface area contributed by atoms with Crippen molar-refractivity contribution in [1.29, 1.82) is 0 Å². The number of aliphatic hydroxyl groups excluding tert-OH is 2. The topological polar surface area (TPSA) is 275 Å². The zero-order valence-electron chi connectivity index (χ0n) is 28.9. The fourth-order valence-electron chi connectivity index (χ4n) is 5.09. The highest BCUT2D eigenvalue weighted by Gasteiger charge is 2.46. The molecule has 1 aliphatic rings. The standard InChI is InChI=1S/C31H44N6O14P2/c1-3-9-46-11-13-48-15-16-49-14-12-47-10-8-32-30(40)23-7-5-4-6-22(23)17-33-28-24-18-34-37(29(24)36-21(2)35-28)31-27(39)26(38)25(51-31)19-50-53(44,45)20-52(41,42)43/h1,4-7,18,25-27,31,38-39H,8-17,19-20H2,2H3,(H,32,40)(H,44,45)(H,33,35,36)(H2,41,42,43)/t25-,26-,27-,31-/m1/s1. The summed E-state index contributed by atoms with van der Waals surface area (Å²) in [4.78, 5) is 49.7. The first kappa shape index (κ1) is 42.4. The number of hydrogen-bond donors (Lipinski definition) is 7. The third kappa shape index (κ3) is 13.2. The Hall–Kier alpha value is -3.38. The Bertz CT molecular complexity index is 1790. The van der Waals surface area contributed by atoms with Crippen LogP contribution in [-0.2, 0) is 43.9 Å². The zero-order valence-corrected chi connectivity index (χ0v) is 30.6. The van der Waals surface area contributed by atoms with Crippen LogP contribution in [0.25, 0.3) is 11.0 Å². The van der Waals surface area contributed by atoms with E-state index in [1.54, 1.807) is 31.2 Å². The molecule has 53 heavy (non-hydrogen) atoms. The van der Waals surface area contributed by atoms with Crippen molar-refractivity contribution >= 4 is 37.9 Å². The number of terminal acetylenes is 1. The molecule has 7 N–H and O–H groups in total. The number of carbonyl (C=O) groups is 1. The van der Waals surface area contributed by atoms with E-state index in [1.165, 1.54) is 10.9 Å². The normalized spacial score (nSPS) is 19.9. The molecule has 1 unspecified atom stereocenters. The molecule has 292 valence electrons. The summed E-state index contributed by atoms with van der Waals surface area (Å²) < 4.78 is 56.3. The Labute approximate surface area is 304 Å². The monoisotopic (exact) mass is 786 g/mol. The summed E-state index contributed by atoms with van der Waals surface area (Å²) in [6.07, 6.45) is 0.673. The maximum absolute atomic E-state index is 13.0. The molecular formula is C31H44N6O14P2. The number of ether oxygens (including phenoxy) is 5. The smallest absolute Gasteiger partial charge is 0.340 e. The van der Waals surface area contributed by atoms with Crippen molar-refractivity contribution in [1.82, 2.24) is 25.1 Å². The summed E-state index contributed by atoms with van der Waals surface area (Å²) in [7, 11) is -9.61. The van der Waals surface area contributed by atoms with Gasteiger partial charge in [0, 0.05) is 18.7 Å². The van der Waals surface area contributed by atoms with E-state index in [2.05, 4.69) is 31.6 Å². The number of nitrogens with one attached hydrogen (secondary N) is 2. The lowest BCUT2D eigenvalue weighted by molar-refractivity contribution is -0.0541. The Kier molecular flexibility index (Phi) is 16.3. The van der Waals surface area contributed by atoms with Crippen LogP contribution in [-0.4, -0.2) is 141 Å². The Morgan fingerprint density at radius 1 is 0.981 bits per heavy atom.